The summed E-state index contributed by atoms with van der Waals surface area (Å²) < 4.78 is 11.1. The topological polar surface area (TPSA) is 18.5 Å². The molecule has 0 aromatic carbocycles. The SMILES string of the molecule is CCOCC1CCC(C(C)C)O1. The standard InChI is InChI=1S/C10H20O2/c1-4-11-7-9-5-6-10(12-9)8(2)3/h8-10H,4-7H2,1-3H3. The molecule has 1 aliphatic rings. The van der Waals surface area contributed by atoms with Gasteiger partial charge in [0, 0.05) is 6.61 Å². The second-order valence-electron chi connectivity index (χ2n) is 3.78. The molecule has 0 aromatic heterocycles. The van der Waals surface area contributed by atoms with Crippen molar-refractivity contribution in [2.45, 2.75) is 45.8 Å². The summed E-state index contributed by atoms with van der Waals surface area (Å²) in [6, 6.07) is 0. The molecule has 0 N–H and O–H groups in total. The molecule has 1 fully saturated rings. The third-order valence-electron chi connectivity index (χ3n) is 2.39. The van der Waals surface area contributed by atoms with Crippen molar-refractivity contribution >= 4 is 0 Å². The molecule has 0 bridgehead atoms. The molecule has 0 radical (unpaired) electrons. The first-order valence-corrected chi connectivity index (χ1v) is 4.97. The van der Waals surface area contributed by atoms with E-state index in [1.807, 2.05) is 6.92 Å². The van der Waals surface area contributed by atoms with E-state index in [0.29, 0.717) is 18.1 Å². The van der Waals surface area contributed by atoms with E-state index < -0.39 is 0 Å². The molecule has 0 aliphatic carbocycles. The molecular formula is C10H20O2. The summed E-state index contributed by atoms with van der Waals surface area (Å²) in [6.07, 6.45) is 3.20. The Bertz CT molecular complexity index is 123. The van der Waals surface area contributed by atoms with Crippen LogP contribution in [0, 0.1) is 5.92 Å². The number of rotatable bonds is 4. The summed E-state index contributed by atoms with van der Waals surface area (Å²) in [4.78, 5) is 0. The van der Waals surface area contributed by atoms with Crippen LogP contribution in [-0.2, 0) is 9.47 Å². The highest BCUT2D eigenvalue weighted by molar-refractivity contribution is 4.75. The van der Waals surface area contributed by atoms with Gasteiger partial charge in [-0.25, -0.2) is 0 Å². The minimum Gasteiger partial charge on any atom is -0.379 e. The zero-order valence-corrected chi connectivity index (χ0v) is 8.38. The van der Waals surface area contributed by atoms with Crippen LogP contribution in [0.1, 0.15) is 33.6 Å². The molecule has 1 saturated heterocycles. The summed E-state index contributed by atoms with van der Waals surface area (Å²) in [7, 11) is 0. The van der Waals surface area contributed by atoms with Crippen LogP contribution in [0.3, 0.4) is 0 Å². The smallest absolute Gasteiger partial charge is 0.0813 e. The Hall–Kier alpha value is -0.0800. The largest absolute Gasteiger partial charge is 0.379 e. The molecule has 1 aliphatic heterocycles. The Balaban J connectivity index is 2.17. The predicted octanol–water partition coefficient (Wildman–Crippen LogP) is 2.23. The van der Waals surface area contributed by atoms with Crippen LogP contribution in [0.25, 0.3) is 0 Å². The molecular weight excluding hydrogens is 152 g/mol. The molecule has 12 heavy (non-hydrogen) atoms. The van der Waals surface area contributed by atoms with Gasteiger partial charge in [-0.1, -0.05) is 13.8 Å². The molecule has 2 nitrogen and oxygen atoms in total. The van der Waals surface area contributed by atoms with Gasteiger partial charge in [0.05, 0.1) is 18.8 Å². The van der Waals surface area contributed by atoms with E-state index in [9.17, 15) is 0 Å². The summed E-state index contributed by atoms with van der Waals surface area (Å²) in [5, 5.41) is 0. The van der Waals surface area contributed by atoms with Crippen LogP contribution in [0.15, 0.2) is 0 Å². The van der Waals surface area contributed by atoms with Gasteiger partial charge in [-0.05, 0) is 25.7 Å². The van der Waals surface area contributed by atoms with Crippen molar-refractivity contribution in [1.82, 2.24) is 0 Å². The van der Waals surface area contributed by atoms with E-state index in [1.165, 1.54) is 12.8 Å². The molecule has 72 valence electrons. The quantitative estimate of drug-likeness (QED) is 0.647. The summed E-state index contributed by atoms with van der Waals surface area (Å²) in [6.45, 7) is 8.03. The fourth-order valence-corrected chi connectivity index (χ4v) is 1.60. The van der Waals surface area contributed by atoms with Crippen molar-refractivity contribution in [2.75, 3.05) is 13.2 Å². The molecule has 0 amide bonds. The van der Waals surface area contributed by atoms with Crippen molar-refractivity contribution < 1.29 is 9.47 Å². The fraction of sp³-hybridized carbons (Fsp3) is 1.00. The minimum absolute atomic E-state index is 0.359. The monoisotopic (exact) mass is 172 g/mol. The lowest BCUT2D eigenvalue weighted by atomic mass is 10.0. The first-order valence-electron chi connectivity index (χ1n) is 4.97. The molecule has 0 spiro atoms. The first-order chi connectivity index (χ1) is 5.74. The van der Waals surface area contributed by atoms with Crippen molar-refractivity contribution in [2.24, 2.45) is 5.92 Å². The van der Waals surface area contributed by atoms with Gasteiger partial charge in [-0.2, -0.15) is 0 Å². The van der Waals surface area contributed by atoms with Crippen molar-refractivity contribution in [3.8, 4) is 0 Å². The lowest BCUT2D eigenvalue weighted by Gasteiger charge is -2.16. The molecule has 0 aromatic rings. The second kappa shape index (κ2) is 4.83. The van der Waals surface area contributed by atoms with Crippen LogP contribution in [0.4, 0.5) is 0 Å². The lowest BCUT2D eigenvalue weighted by molar-refractivity contribution is -0.0265. The van der Waals surface area contributed by atoms with Crippen LogP contribution < -0.4 is 0 Å². The normalized spacial score (nSPS) is 30.0. The summed E-state index contributed by atoms with van der Waals surface area (Å²) >= 11 is 0. The van der Waals surface area contributed by atoms with Gasteiger partial charge >= 0.3 is 0 Å². The van der Waals surface area contributed by atoms with E-state index in [0.717, 1.165) is 13.2 Å². The van der Waals surface area contributed by atoms with Gasteiger partial charge in [0.15, 0.2) is 0 Å². The van der Waals surface area contributed by atoms with Crippen molar-refractivity contribution in [1.29, 1.82) is 0 Å². The predicted molar refractivity (Wildman–Crippen MR) is 49.2 cm³/mol. The average Bonchev–Trinajstić information content (AvgIpc) is 2.48. The van der Waals surface area contributed by atoms with E-state index in [2.05, 4.69) is 13.8 Å². The zero-order valence-electron chi connectivity index (χ0n) is 8.38. The van der Waals surface area contributed by atoms with E-state index in [4.69, 9.17) is 9.47 Å². The van der Waals surface area contributed by atoms with E-state index >= 15 is 0 Å². The minimum atomic E-state index is 0.359. The third-order valence-corrected chi connectivity index (χ3v) is 2.39. The second-order valence-corrected chi connectivity index (χ2v) is 3.78. The lowest BCUT2D eigenvalue weighted by Crippen LogP contribution is -2.19. The zero-order chi connectivity index (χ0) is 8.97. The Morgan fingerprint density at radius 3 is 2.67 bits per heavy atom. The van der Waals surface area contributed by atoms with E-state index in [1.54, 1.807) is 0 Å². The van der Waals surface area contributed by atoms with Gasteiger partial charge in [-0.3, -0.25) is 0 Å². The highest BCUT2D eigenvalue weighted by atomic mass is 16.5. The molecule has 0 saturated carbocycles. The summed E-state index contributed by atoms with van der Waals surface area (Å²) in [5.41, 5.74) is 0. The molecule has 2 heteroatoms. The van der Waals surface area contributed by atoms with Crippen LogP contribution in [0.5, 0.6) is 0 Å². The van der Waals surface area contributed by atoms with E-state index in [-0.39, 0.29) is 0 Å². The van der Waals surface area contributed by atoms with Crippen molar-refractivity contribution in [3.63, 3.8) is 0 Å². The Labute approximate surface area is 75.2 Å². The van der Waals surface area contributed by atoms with Gasteiger partial charge in [0.1, 0.15) is 0 Å². The maximum Gasteiger partial charge on any atom is 0.0813 e. The maximum absolute atomic E-state index is 5.80. The maximum atomic E-state index is 5.80. The fourth-order valence-electron chi connectivity index (χ4n) is 1.60. The molecule has 2 atom stereocenters. The Morgan fingerprint density at radius 2 is 2.17 bits per heavy atom. The summed E-state index contributed by atoms with van der Waals surface area (Å²) in [5.74, 6) is 0.650. The number of hydrogen-bond acceptors (Lipinski definition) is 2. The Kier molecular flexibility index (Phi) is 4.02. The van der Waals surface area contributed by atoms with Crippen LogP contribution >= 0.6 is 0 Å². The van der Waals surface area contributed by atoms with Crippen LogP contribution in [0.2, 0.25) is 0 Å². The van der Waals surface area contributed by atoms with Crippen molar-refractivity contribution in [3.05, 3.63) is 0 Å². The first kappa shape index (κ1) is 10.0. The highest BCUT2D eigenvalue weighted by Gasteiger charge is 2.26. The van der Waals surface area contributed by atoms with Gasteiger partial charge in [0.2, 0.25) is 0 Å². The van der Waals surface area contributed by atoms with Gasteiger partial charge < -0.3 is 9.47 Å². The number of ether oxygens (including phenoxy) is 2. The number of hydrogen-bond donors (Lipinski definition) is 0. The molecule has 1 heterocycles. The molecule has 2 unspecified atom stereocenters. The van der Waals surface area contributed by atoms with Gasteiger partial charge in [-0.15, -0.1) is 0 Å². The van der Waals surface area contributed by atoms with Crippen LogP contribution in [-0.4, -0.2) is 25.4 Å². The van der Waals surface area contributed by atoms with Gasteiger partial charge in [0.25, 0.3) is 0 Å². The third kappa shape index (κ3) is 2.76. The highest BCUT2D eigenvalue weighted by Crippen LogP contribution is 2.25. The molecule has 1 rings (SSSR count). The Morgan fingerprint density at radius 1 is 1.42 bits per heavy atom. The average molecular weight is 172 g/mol.